The Labute approximate surface area is 325 Å². The molecule has 0 amide bonds. The Hall–Kier alpha value is -7.56. The summed E-state index contributed by atoms with van der Waals surface area (Å²) in [4.78, 5) is 19.6. The Balaban J connectivity index is 1.22. The maximum Gasteiger partial charge on any atom is 0.160 e. The van der Waals surface area contributed by atoms with Crippen molar-refractivity contribution in [2.45, 2.75) is 0 Å². The van der Waals surface area contributed by atoms with E-state index in [2.05, 4.69) is 180 Å². The molecule has 0 atom stereocenters. The molecule has 10 rings (SSSR count). The molecule has 0 aliphatic rings. The normalized spacial score (nSPS) is 11.2. The van der Waals surface area contributed by atoms with Crippen LogP contribution in [0.15, 0.2) is 207 Å². The molecular weight excluding hydrogens is 681 g/mol. The van der Waals surface area contributed by atoms with Crippen molar-refractivity contribution >= 4 is 21.5 Å². The fourth-order valence-corrected chi connectivity index (χ4v) is 7.67. The first-order valence-corrected chi connectivity index (χ1v) is 18.8. The number of rotatable bonds is 7. The van der Waals surface area contributed by atoms with Crippen LogP contribution in [-0.4, -0.2) is 19.9 Å². The van der Waals surface area contributed by atoms with Crippen molar-refractivity contribution in [3.63, 3.8) is 0 Å². The molecule has 0 saturated heterocycles. The highest BCUT2D eigenvalue weighted by Crippen LogP contribution is 2.39. The van der Waals surface area contributed by atoms with Crippen molar-refractivity contribution in [3.8, 4) is 78.4 Å². The molecule has 0 aliphatic heterocycles. The van der Waals surface area contributed by atoms with E-state index in [1.54, 1.807) is 0 Å². The van der Waals surface area contributed by atoms with Crippen molar-refractivity contribution in [2.24, 2.45) is 0 Å². The highest BCUT2D eigenvalue weighted by atomic mass is 14.9. The Morgan fingerprint density at radius 3 is 1.20 bits per heavy atom. The van der Waals surface area contributed by atoms with Crippen LogP contribution in [0, 0.1) is 0 Å². The predicted molar refractivity (Wildman–Crippen MR) is 231 cm³/mol. The lowest BCUT2D eigenvalue weighted by Crippen LogP contribution is -1.97. The van der Waals surface area contributed by atoms with Crippen LogP contribution in [0.3, 0.4) is 0 Å². The fourth-order valence-electron chi connectivity index (χ4n) is 7.67. The van der Waals surface area contributed by atoms with E-state index in [9.17, 15) is 0 Å². The van der Waals surface area contributed by atoms with Gasteiger partial charge in [-0.3, -0.25) is 9.97 Å². The third kappa shape index (κ3) is 6.40. The maximum atomic E-state index is 5.38. The van der Waals surface area contributed by atoms with E-state index in [-0.39, 0.29) is 0 Å². The van der Waals surface area contributed by atoms with Gasteiger partial charge in [0.2, 0.25) is 0 Å². The van der Waals surface area contributed by atoms with Gasteiger partial charge in [-0.25, -0.2) is 9.97 Å². The molecule has 10 aromatic rings. The van der Waals surface area contributed by atoms with Gasteiger partial charge in [0.05, 0.1) is 11.4 Å². The van der Waals surface area contributed by atoms with Gasteiger partial charge in [0.25, 0.3) is 0 Å². The highest BCUT2D eigenvalue weighted by Gasteiger charge is 2.16. The van der Waals surface area contributed by atoms with E-state index >= 15 is 0 Å². The van der Waals surface area contributed by atoms with E-state index in [1.165, 1.54) is 0 Å². The van der Waals surface area contributed by atoms with Gasteiger partial charge >= 0.3 is 0 Å². The van der Waals surface area contributed by atoms with Crippen LogP contribution in [0.4, 0.5) is 0 Å². The number of aromatic nitrogens is 4. The van der Waals surface area contributed by atoms with Gasteiger partial charge in [-0.2, -0.15) is 0 Å². The number of pyridine rings is 2. The number of hydrogen-bond donors (Lipinski definition) is 0. The molecule has 4 nitrogen and oxygen atoms in total. The van der Waals surface area contributed by atoms with E-state index in [0.29, 0.717) is 5.82 Å². The van der Waals surface area contributed by atoms with Gasteiger partial charge in [-0.05, 0) is 104 Å². The van der Waals surface area contributed by atoms with Crippen LogP contribution < -0.4 is 0 Å². The van der Waals surface area contributed by atoms with Gasteiger partial charge in [-0.15, -0.1) is 0 Å². The topological polar surface area (TPSA) is 51.6 Å². The summed E-state index contributed by atoms with van der Waals surface area (Å²) in [5, 5.41) is 4.45. The van der Waals surface area contributed by atoms with Crippen LogP contribution >= 0.6 is 0 Å². The molecule has 0 unspecified atom stereocenters. The summed E-state index contributed by atoms with van der Waals surface area (Å²) in [6, 6.07) is 64.1. The number of benzene rings is 7. The molecule has 56 heavy (non-hydrogen) atoms. The molecule has 7 aromatic carbocycles. The quantitative estimate of drug-likeness (QED) is 0.165. The predicted octanol–water partition coefficient (Wildman–Crippen LogP) is 13.2. The molecule has 0 saturated carbocycles. The van der Waals surface area contributed by atoms with Crippen LogP contribution in [0.5, 0.6) is 0 Å². The first-order chi connectivity index (χ1) is 27.7. The molecule has 0 radical (unpaired) electrons. The minimum Gasteiger partial charge on any atom is -0.264 e. The lowest BCUT2D eigenvalue weighted by Gasteiger charge is -2.15. The maximum absolute atomic E-state index is 5.38. The Morgan fingerprint density at radius 2 is 0.696 bits per heavy atom. The van der Waals surface area contributed by atoms with E-state index in [0.717, 1.165) is 94.1 Å². The Bertz CT molecular complexity index is 2820. The van der Waals surface area contributed by atoms with Gasteiger partial charge < -0.3 is 0 Å². The summed E-state index contributed by atoms with van der Waals surface area (Å²) in [7, 11) is 0. The average Bonchev–Trinajstić information content (AvgIpc) is 3.29. The highest BCUT2D eigenvalue weighted by molar-refractivity contribution is 6.01. The van der Waals surface area contributed by atoms with Gasteiger partial charge in [-0.1, -0.05) is 133 Å². The lowest BCUT2D eigenvalue weighted by molar-refractivity contribution is 1.18. The summed E-state index contributed by atoms with van der Waals surface area (Å²) >= 11 is 0. The van der Waals surface area contributed by atoms with Crippen molar-refractivity contribution in [1.82, 2.24) is 19.9 Å². The van der Waals surface area contributed by atoms with Crippen LogP contribution in [0.25, 0.3) is 100.0 Å². The molecule has 0 bridgehead atoms. The standard InChI is InChI=1S/C52H34N4/c1-3-11-35(12-4-1)37-15-7-17-39(27-37)50-32-51(40-18-8-16-38(28-40)36-13-5-2-6-14-36)56-52(55-50)45-30-43(46-21-9-19-41-33-53-25-23-48(41)46)29-44(31-45)47-22-10-20-42-34-54-26-24-49(42)47/h1-34H. The molecule has 0 aliphatic carbocycles. The first kappa shape index (κ1) is 33.0. The van der Waals surface area contributed by atoms with Gasteiger partial charge in [0.15, 0.2) is 5.82 Å². The van der Waals surface area contributed by atoms with E-state index in [1.807, 2.05) is 36.9 Å². The zero-order valence-electron chi connectivity index (χ0n) is 30.4. The van der Waals surface area contributed by atoms with Crippen LogP contribution in [0.2, 0.25) is 0 Å². The zero-order valence-corrected chi connectivity index (χ0v) is 30.4. The molecular formula is C52H34N4. The first-order valence-electron chi connectivity index (χ1n) is 18.8. The molecule has 262 valence electrons. The van der Waals surface area contributed by atoms with Crippen LogP contribution in [0.1, 0.15) is 0 Å². The number of fused-ring (bicyclic) bond motifs is 2. The molecule has 3 heterocycles. The van der Waals surface area contributed by atoms with Crippen molar-refractivity contribution in [3.05, 3.63) is 207 Å². The summed E-state index contributed by atoms with van der Waals surface area (Å²) in [5.74, 6) is 0.652. The molecule has 4 heteroatoms. The van der Waals surface area contributed by atoms with Gasteiger partial charge in [0.1, 0.15) is 0 Å². The second kappa shape index (κ2) is 14.3. The minimum absolute atomic E-state index is 0.652. The molecule has 3 aromatic heterocycles. The molecule has 0 spiro atoms. The lowest BCUT2D eigenvalue weighted by atomic mass is 9.91. The molecule has 0 N–H and O–H groups in total. The Kier molecular flexibility index (Phi) is 8.47. The second-order valence-corrected chi connectivity index (χ2v) is 14.0. The smallest absolute Gasteiger partial charge is 0.160 e. The number of hydrogen-bond acceptors (Lipinski definition) is 4. The van der Waals surface area contributed by atoms with Crippen molar-refractivity contribution in [2.75, 3.05) is 0 Å². The SMILES string of the molecule is c1ccc(-c2cccc(-c3cc(-c4cccc(-c5ccccc5)c4)nc(-c4cc(-c5cccc6cnccc56)cc(-c5cccc6cnccc56)c4)n3)c2)cc1. The minimum atomic E-state index is 0.652. The third-order valence-corrected chi connectivity index (χ3v) is 10.4. The van der Waals surface area contributed by atoms with E-state index in [4.69, 9.17) is 9.97 Å². The largest absolute Gasteiger partial charge is 0.264 e. The monoisotopic (exact) mass is 714 g/mol. The fraction of sp³-hybridized carbons (Fsp3) is 0. The average molecular weight is 715 g/mol. The van der Waals surface area contributed by atoms with Crippen molar-refractivity contribution in [1.29, 1.82) is 0 Å². The van der Waals surface area contributed by atoms with Crippen LogP contribution in [-0.2, 0) is 0 Å². The molecule has 0 fully saturated rings. The van der Waals surface area contributed by atoms with E-state index < -0.39 is 0 Å². The third-order valence-electron chi connectivity index (χ3n) is 10.4. The number of nitrogens with zero attached hydrogens (tertiary/aromatic N) is 4. The summed E-state index contributed by atoms with van der Waals surface area (Å²) in [6.07, 6.45) is 7.57. The Morgan fingerprint density at radius 1 is 0.286 bits per heavy atom. The van der Waals surface area contributed by atoms with Gasteiger partial charge in [0, 0.05) is 52.3 Å². The summed E-state index contributed by atoms with van der Waals surface area (Å²) < 4.78 is 0. The van der Waals surface area contributed by atoms with Crippen molar-refractivity contribution < 1.29 is 0 Å². The summed E-state index contributed by atoms with van der Waals surface area (Å²) in [5.41, 5.74) is 13.7. The second-order valence-electron chi connectivity index (χ2n) is 14.0. The zero-order chi connectivity index (χ0) is 37.3. The summed E-state index contributed by atoms with van der Waals surface area (Å²) in [6.45, 7) is 0.